The van der Waals surface area contributed by atoms with E-state index in [4.69, 9.17) is 4.42 Å². The molecule has 2 N–H and O–H groups in total. The van der Waals surface area contributed by atoms with Crippen molar-refractivity contribution in [2.75, 3.05) is 0 Å². The van der Waals surface area contributed by atoms with E-state index < -0.39 is 6.10 Å². The Kier molecular flexibility index (Phi) is 4.30. The van der Waals surface area contributed by atoms with Crippen LogP contribution in [0.2, 0.25) is 0 Å². The summed E-state index contributed by atoms with van der Waals surface area (Å²) in [5.74, 6) is 0.622. The molecule has 2 aromatic heterocycles. The lowest BCUT2D eigenvalue weighted by Crippen LogP contribution is -2.27. The lowest BCUT2D eigenvalue weighted by molar-refractivity contribution is 0.128. The minimum atomic E-state index is -0.547. The van der Waals surface area contributed by atoms with E-state index in [1.54, 1.807) is 29.7 Å². The van der Waals surface area contributed by atoms with E-state index >= 15 is 0 Å². The lowest BCUT2D eigenvalue weighted by atomic mass is 10.1. The minimum Gasteiger partial charge on any atom is -0.467 e. The van der Waals surface area contributed by atoms with Crippen LogP contribution in [0.5, 0.6) is 0 Å². The number of rotatable bonds is 6. The summed E-state index contributed by atoms with van der Waals surface area (Å²) >= 11 is 1.63. The molecule has 0 fully saturated rings. The molecule has 0 aliphatic carbocycles. The van der Waals surface area contributed by atoms with Gasteiger partial charge in [0.2, 0.25) is 0 Å². The Balaban J connectivity index is 1.75. The largest absolute Gasteiger partial charge is 0.467 e. The molecule has 2 rings (SSSR count). The summed E-state index contributed by atoms with van der Waals surface area (Å²) in [7, 11) is 0. The zero-order valence-corrected chi connectivity index (χ0v) is 10.5. The predicted molar refractivity (Wildman–Crippen MR) is 66.7 cm³/mol. The molecule has 0 spiro atoms. The number of thiazole rings is 1. The second-order valence-corrected chi connectivity index (χ2v) is 4.99. The summed E-state index contributed by atoms with van der Waals surface area (Å²) in [6.45, 7) is 2.84. The fraction of sp³-hybridized carbons (Fsp3) is 0.417. The lowest BCUT2D eigenvalue weighted by Gasteiger charge is -2.16. The Hall–Kier alpha value is -1.17. The fourth-order valence-corrected chi connectivity index (χ4v) is 2.16. The fourth-order valence-electron chi connectivity index (χ4n) is 1.62. The average Bonchev–Trinajstić information content (AvgIpc) is 2.99. The van der Waals surface area contributed by atoms with Crippen LogP contribution in [0.4, 0.5) is 0 Å². The number of nitrogens with one attached hydrogen (secondary N) is 1. The number of hydrogen-bond donors (Lipinski definition) is 2. The van der Waals surface area contributed by atoms with Crippen molar-refractivity contribution in [3.05, 3.63) is 40.7 Å². The van der Waals surface area contributed by atoms with Gasteiger partial charge in [-0.15, -0.1) is 11.3 Å². The molecule has 4 nitrogen and oxygen atoms in total. The Morgan fingerprint density at radius 2 is 2.47 bits per heavy atom. The first-order valence-electron chi connectivity index (χ1n) is 5.58. The van der Waals surface area contributed by atoms with Gasteiger partial charge in [0, 0.05) is 23.7 Å². The SMILES string of the molecule is CC(CC(O)c1ccco1)NCc1cncs1. The zero-order chi connectivity index (χ0) is 12.1. The Bertz CT molecular complexity index is 414. The highest BCUT2D eigenvalue weighted by atomic mass is 32.1. The number of hydrogen-bond acceptors (Lipinski definition) is 5. The van der Waals surface area contributed by atoms with Gasteiger partial charge in [0.15, 0.2) is 0 Å². The van der Waals surface area contributed by atoms with Crippen molar-refractivity contribution in [1.29, 1.82) is 0 Å². The Morgan fingerprint density at radius 1 is 1.59 bits per heavy atom. The number of aromatic nitrogens is 1. The van der Waals surface area contributed by atoms with Crippen molar-refractivity contribution in [2.24, 2.45) is 0 Å². The van der Waals surface area contributed by atoms with Crippen LogP contribution in [0.3, 0.4) is 0 Å². The van der Waals surface area contributed by atoms with Crippen molar-refractivity contribution >= 4 is 11.3 Å². The van der Waals surface area contributed by atoms with E-state index in [0.29, 0.717) is 12.2 Å². The molecule has 0 aromatic carbocycles. The number of nitrogens with zero attached hydrogens (tertiary/aromatic N) is 1. The first-order valence-corrected chi connectivity index (χ1v) is 6.46. The number of aliphatic hydroxyl groups is 1. The highest BCUT2D eigenvalue weighted by Gasteiger charge is 2.14. The molecule has 0 aliphatic heterocycles. The predicted octanol–water partition coefficient (Wildman–Crippen LogP) is 2.34. The van der Waals surface area contributed by atoms with Gasteiger partial charge in [-0.1, -0.05) is 0 Å². The smallest absolute Gasteiger partial charge is 0.132 e. The summed E-state index contributed by atoms with van der Waals surface area (Å²) in [4.78, 5) is 5.21. The van der Waals surface area contributed by atoms with E-state index in [2.05, 4.69) is 10.3 Å². The quantitative estimate of drug-likeness (QED) is 0.828. The first-order chi connectivity index (χ1) is 8.25. The molecule has 2 aromatic rings. The highest BCUT2D eigenvalue weighted by Crippen LogP contribution is 2.18. The van der Waals surface area contributed by atoms with E-state index in [9.17, 15) is 5.11 Å². The second-order valence-electron chi connectivity index (χ2n) is 4.02. The van der Waals surface area contributed by atoms with Crippen LogP contribution >= 0.6 is 11.3 Å². The molecule has 2 unspecified atom stereocenters. The van der Waals surface area contributed by atoms with Gasteiger partial charge < -0.3 is 14.8 Å². The van der Waals surface area contributed by atoms with Gasteiger partial charge in [-0.25, -0.2) is 0 Å². The first kappa shape index (κ1) is 12.3. The van der Waals surface area contributed by atoms with Gasteiger partial charge in [0.25, 0.3) is 0 Å². The maximum Gasteiger partial charge on any atom is 0.132 e. The molecule has 0 saturated heterocycles. The van der Waals surface area contributed by atoms with Crippen molar-refractivity contribution in [1.82, 2.24) is 10.3 Å². The monoisotopic (exact) mass is 252 g/mol. The van der Waals surface area contributed by atoms with E-state index in [1.165, 1.54) is 4.88 Å². The van der Waals surface area contributed by atoms with Crippen LogP contribution in [-0.4, -0.2) is 16.1 Å². The van der Waals surface area contributed by atoms with Crippen LogP contribution in [-0.2, 0) is 6.54 Å². The summed E-state index contributed by atoms with van der Waals surface area (Å²) in [5, 5.41) is 13.2. The molecule has 2 atom stereocenters. The maximum absolute atomic E-state index is 9.89. The van der Waals surface area contributed by atoms with Crippen molar-refractivity contribution < 1.29 is 9.52 Å². The van der Waals surface area contributed by atoms with Crippen molar-refractivity contribution in [3.63, 3.8) is 0 Å². The van der Waals surface area contributed by atoms with Gasteiger partial charge in [0.05, 0.1) is 11.8 Å². The minimum absolute atomic E-state index is 0.220. The molecule has 92 valence electrons. The van der Waals surface area contributed by atoms with Crippen molar-refractivity contribution in [2.45, 2.75) is 32.0 Å². The van der Waals surface area contributed by atoms with Crippen LogP contribution in [0, 0.1) is 0 Å². The second kappa shape index (κ2) is 5.95. The topological polar surface area (TPSA) is 58.3 Å². The Labute approximate surface area is 104 Å². The van der Waals surface area contributed by atoms with Gasteiger partial charge in [-0.05, 0) is 25.5 Å². The van der Waals surface area contributed by atoms with Crippen LogP contribution in [0.15, 0.2) is 34.5 Å². The van der Waals surface area contributed by atoms with Crippen LogP contribution < -0.4 is 5.32 Å². The summed E-state index contributed by atoms with van der Waals surface area (Å²) in [5.41, 5.74) is 1.82. The van der Waals surface area contributed by atoms with E-state index in [0.717, 1.165) is 6.54 Å². The molecule has 5 heteroatoms. The molecule has 0 bridgehead atoms. The molecule has 2 heterocycles. The number of furan rings is 1. The van der Waals surface area contributed by atoms with Gasteiger partial charge in [0.1, 0.15) is 11.9 Å². The normalized spacial score (nSPS) is 14.7. The van der Waals surface area contributed by atoms with E-state index in [1.807, 2.05) is 18.6 Å². The van der Waals surface area contributed by atoms with E-state index in [-0.39, 0.29) is 6.04 Å². The molecular formula is C12H16N2O2S. The summed E-state index contributed by atoms with van der Waals surface area (Å²) in [6.07, 6.45) is 3.52. The number of aliphatic hydroxyl groups excluding tert-OH is 1. The molecule has 0 saturated carbocycles. The summed E-state index contributed by atoms with van der Waals surface area (Å²) < 4.78 is 5.16. The molecule has 17 heavy (non-hydrogen) atoms. The average molecular weight is 252 g/mol. The summed E-state index contributed by atoms with van der Waals surface area (Å²) in [6, 6.07) is 3.80. The van der Waals surface area contributed by atoms with Gasteiger partial charge in [-0.2, -0.15) is 0 Å². The Morgan fingerprint density at radius 3 is 3.12 bits per heavy atom. The third kappa shape index (κ3) is 3.66. The standard InChI is InChI=1S/C12H16N2O2S/c1-9(14-7-10-6-13-8-17-10)5-11(15)12-3-2-4-16-12/h2-4,6,8-9,11,14-15H,5,7H2,1H3. The zero-order valence-electron chi connectivity index (χ0n) is 9.67. The van der Waals surface area contributed by atoms with Crippen LogP contribution in [0.25, 0.3) is 0 Å². The van der Waals surface area contributed by atoms with Gasteiger partial charge in [-0.3, -0.25) is 4.98 Å². The van der Waals surface area contributed by atoms with Crippen LogP contribution in [0.1, 0.15) is 30.1 Å². The molecule has 0 radical (unpaired) electrons. The maximum atomic E-state index is 9.89. The molecule has 0 aliphatic rings. The third-order valence-electron chi connectivity index (χ3n) is 2.56. The van der Waals surface area contributed by atoms with Gasteiger partial charge >= 0.3 is 0 Å². The highest BCUT2D eigenvalue weighted by molar-refractivity contribution is 7.09. The van der Waals surface area contributed by atoms with Crippen molar-refractivity contribution in [3.8, 4) is 0 Å². The molecular weight excluding hydrogens is 236 g/mol. The molecule has 0 amide bonds. The third-order valence-corrected chi connectivity index (χ3v) is 3.34.